The smallest absolute Gasteiger partial charge is 1.00 e. The van der Waals surface area contributed by atoms with Crippen molar-refractivity contribution in [3.05, 3.63) is 0 Å². The topological polar surface area (TPSA) is 0 Å². The monoisotopic (exact) mass is 417 g/mol. The van der Waals surface area contributed by atoms with E-state index in [4.69, 9.17) is 0 Å². The average Bonchev–Trinajstić information content (AvgIpc) is 0. The maximum Gasteiger partial charge on any atom is 2.00 e. The minimum atomic E-state index is 0. The molecular formula is HCl5Na2Pt. The predicted molar refractivity (Wildman–Crippen MR) is 1.11 cm³/mol. The van der Waals surface area contributed by atoms with E-state index in [-0.39, 0.29) is 144 Å². The van der Waals surface area contributed by atoms with Crippen molar-refractivity contribution in [1.82, 2.24) is 0 Å². The Kier molecular flexibility index (Phi) is 735. The van der Waals surface area contributed by atoms with Crippen molar-refractivity contribution in [3.63, 3.8) is 0 Å². The van der Waals surface area contributed by atoms with E-state index in [9.17, 15) is 0 Å². The first-order valence-electron chi connectivity index (χ1n) is 0. The quantitative estimate of drug-likeness (QED) is 0.343. The summed E-state index contributed by atoms with van der Waals surface area (Å²) in [5, 5.41) is 0. The van der Waals surface area contributed by atoms with Gasteiger partial charge >= 0.3 is 81.6 Å². The number of hydrogen-bond donors (Lipinski definition) is 0. The molecule has 0 radical (unpaired) electrons. The van der Waals surface area contributed by atoms with Crippen LogP contribution < -0.4 is 121 Å². The van der Waals surface area contributed by atoms with Crippen molar-refractivity contribution in [2.45, 2.75) is 0 Å². The zero-order valence-corrected chi connectivity index (χ0v) is 14.3. The Hall–Kier alpha value is 4.14. The van der Waals surface area contributed by atoms with Gasteiger partial charge in [0.1, 0.15) is 0 Å². The summed E-state index contributed by atoms with van der Waals surface area (Å²) >= 11 is 0. The van der Waals surface area contributed by atoms with Gasteiger partial charge < -0.3 is 62.0 Å². The molecule has 0 aliphatic rings. The van der Waals surface area contributed by atoms with Gasteiger partial charge in [-0.25, -0.2) is 0 Å². The van der Waals surface area contributed by atoms with E-state index >= 15 is 0 Å². The Bertz CT molecular complexity index is 14.9. The average molecular weight is 419 g/mol. The van der Waals surface area contributed by atoms with Crippen LogP contribution in [-0.4, -0.2) is 0 Å². The third kappa shape index (κ3) is 49.4. The van der Waals surface area contributed by atoms with E-state index in [1.807, 2.05) is 0 Å². The molecule has 0 aliphatic heterocycles. The Labute approximate surface area is 141 Å². The van der Waals surface area contributed by atoms with E-state index < -0.39 is 0 Å². The second-order valence-electron chi connectivity index (χ2n) is 0. The van der Waals surface area contributed by atoms with Crippen LogP contribution in [0.3, 0.4) is 0 Å². The molecule has 0 fully saturated rings. The fourth-order valence-electron chi connectivity index (χ4n) is 0. The molecule has 0 heterocycles. The van der Waals surface area contributed by atoms with Gasteiger partial charge in [0.05, 0.1) is 0 Å². The fourth-order valence-corrected chi connectivity index (χ4v) is 0. The van der Waals surface area contributed by atoms with Gasteiger partial charge in [0.25, 0.3) is 0 Å². The zero-order chi connectivity index (χ0) is 0. The summed E-state index contributed by atoms with van der Waals surface area (Å²) in [5.74, 6) is 0. The molecule has 8 heavy (non-hydrogen) atoms. The SMILES string of the molecule is [Cl-].[Cl-].[Cl-].[Cl-].[Cl-].[H+].[Na+].[Na+].[Pt+2]. The molecule has 8 heteroatoms. The minimum absolute atomic E-state index is 0. The van der Waals surface area contributed by atoms with Crippen LogP contribution in [-0.2, 0) is 21.1 Å². The Morgan fingerprint density at radius 3 is 0.500 bits per heavy atom. The number of hydrogen-bond acceptors (Lipinski definition) is 0. The summed E-state index contributed by atoms with van der Waals surface area (Å²) in [6.45, 7) is 0. The first kappa shape index (κ1) is 87.9. The van der Waals surface area contributed by atoms with Crippen molar-refractivity contribution in [1.29, 1.82) is 0 Å². The predicted octanol–water partition coefficient (Wildman–Crippen LogP) is -20.9. The summed E-state index contributed by atoms with van der Waals surface area (Å²) < 4.78 is 0. The molecule has 0 aromatic carbocycles. The first-order chi connectivity index (χ1) is 0. The standard InChI is InChI=1S/5ClH.2Na.Pt/h5*1H;;;/q;;;;;2*+1;+2/p-4. The van der Waals surface area contributed by atoms with Crippen molar-refractivity contribution in [2.75, 3.05) is 0 Å². The van der Waals surface area contributed by atoms with Gasteiger partial charge in [-0.05, 0) is 0 Å². The third-order valence-corrected chi connectivity index (χ3v) is 0. The molecule has 0 saturated carbocycles. The Morgan fingerprint density at radius 1 is 0.500 bits per heavy atom. The molecule has 0 aliphatic carbocycles. The molecule has 0 amide bonds. The molecule has 0 unspecified atom stereocenters. The van der Waals surface area contributed by atoms with Crippen LogP contribution in [0, 0.1) is 0 Å². The molecule has 0 spiro atoms. The van der Waals surface area contributed by atoms with Gasteiger partial charge in [0.2, 0.25) is 0 Å². The zero-order valence-electron chi connectivity index (χ0n) is 5.21. The largest absolute Gasteiger partial charge is 2.00 e. The summed E-state index contributed by atoms with van der Waals surface area (Å²) in [6.07, 6.45) is 0. The van der Waals surface area contributed by atoms with Gasteiger partial charge in [-0.1, -0.05) is 0 Å². The molecule has 0 nitrogen and oxygen atoms in total. The number of rotatable bonds is 0. The van der Waals surface area contributed by atoms with Crippen LogP contribution in [0.4, 0.5) is 0 Å². The molecule has 0 saturated heterocycles. The van der Waals surface area contributed by atoms with Crippen LogP contribution in [0.25, 0.3) is 0 Å². The summed E-state index contributed by atoms with van der Waals surface area (Å²) in [4.78, 5) is 0. The maximum atomic E-state index is 0. The van der Waals surface area contributed by atoms with E-state index in [0.717, 1.165) is 0 Å². The molecule has 0 bridgehead atoms. The second-order valence-corrected chi connectivity index (χ2v) is 0. The van der Waals surface area contributed by atoms with Crippen molar-refractivity contribution in [2.24, 2.45) is 0 Å². The molecule has 0 rings (SSSR count). The summed E-state index contributed by atoms with van der Waals surface area (Å²) in [5.41, 5.74) is 0. The van der Waals surface area contributed by atoms with Crippen molar-refractivity contribution < 1.29 is 144 Å². The second kappa shape index (κ2) is 66.9. The normalized spacial score (nSPS) is 0. The van der Waals surface area contributed by atoms with Crippen LogP contribution in [0.2, 0.25) is 0 Å². The Balaban J connectivity index is 0. The third-order valence-electron chi connectivity index (χ3n) is 0. The van der Waals surface area contributed by atoms with E-state index in [1.165, 1.54) is 0 Å². The van der Waals surface area contributed by atoms with Crippen molar-refractivity contribution in [3.8, 4) is 0 Å². The minimum Gasteiger partial charge on any atom is -1.00 e. The van der Waals surface area contributed by atoms with Gasteiger partial charge in [-0.3, -0.25) is 0 Å². The van der Waals surface area contributed by atoms with Gasteiger partial charge in [0, 0.05) is 0 Å². The van der Waals surface area contributed by atoms with Crippen LogP contribution >= 0.6 is 0 Å². The van der Waals surface area contributed by atoms with Crippen molar-refractivity contribution >= 4 is 0 Å². The molecule has 0 atom stereocenters. The molecule has 0 aromatic heterocycles. The van der Waals surface area contributed by atoms with Gasteiger partial charge in [0.15, 0.2) is 0 Å². The number of halogens is 5. The van der Waals surface area contributed by atoms with Crippen LogP contribution in [0.1, 0.15) is 1.43 Å². The molecule has 48 valence electrons. The van der Waals surface area contributed by atoms with Crippen LogP contribution in [0.5, 0.6) is 0 Å². The van der Waals surface area contributed by atoms with E-state index in [2.05, 4.69) is 0 Å². The summed E-state index contributed by atoms with van der Waals surface area (Å²) in [7, 11) is 0. The van der Waals surface area contributed by atoms with Crippen LogP contribution in [0.15, 0.2) is 0 Å². The van der Waals surface area contributed by atoms with Gasteiger partial charge in [-0.2, -0.15) is 0 Å². The Morgan fingerprint density at radius 2 is 0.500 bits per heavy atom. The summed E-state index contributed by atoms with van der Waals surface area (Å²) in [6, 6.07) is 0. The molecular weight excluding hydrogens is 418 g/mol. The first-order valence-corrected chi connectivity index (χ1v) is 0. The molecule has 0 aromatic rings. The van der Waals surface area contributed by atoms with E-state index in [0.29, 0.717) is 0 Å². The van der Waals surface area contributed by atoms with E-state index in [1.54, 1.807) is 0 Å². The fraction of sp³-hybridized carbons (Fsp3) is 0. The molecule has 0 N–H and O–H groups in total. The van der Waals surface area contributed by atoms with Gasteiger partial charge in [-0.15, -0.1) is 0 Å². The maximum absolute atomic E-state index is 0.